The summed E-state index contributed by atoms with van der Waals surface area (Å²) >= 11 is 0. The zero-order valence-electron chi connectivity index (χ0n) is 13.1. The number of nitriles is 1. The second-order valence-corrected chi connectivity index (χ2v) is 5.71. The van der Waals surface area contributed by atoms with Crippen LogP contribution in [0.1, 0.15) is 15.9 Å². The van der Waals surface area contributed by atoms with E-state index in [0.29, 0.717) is 11.1 Å². The molecule has 0 unspecified atom stereocenters. The molecule has 1 aromatic heterocycles. The van der Waals surface area contributed by atoms with Crippen molar-refractivity contribution in [3.8, 4) is 17.3 Å². The Morgan fingerprint density at radius 3 is 2.48 bits per heavy atom. The van der Waals surface area contributed by atoms with E-state index < -0.39 is 0 Å². The summed E-state index contributed by atoms with van der Waals surface area (Å²) in [5.41, 5.74) is 2.91. The van der Waals surface area contributed by atoms with E-state index in [1.165, 1.54) is 0 Å². The Bertz CT molecular complexity index is 740. The van der Waals surface area contributed by atoms with E-state index in [4.69, 9.17) is 5.26 Å². The first-order chi connectivity index (χ1) is 11.2. The Kier molecular flexibility index (Phi) is 4.35. The number of benzene rings is 1. The number of pyridine rings is 1. The highest BCUT2D eigenvalue weighted by atomic mass is 16.2. The van der Waals surface area contributed by atoms with E-state index in [1.807, 2.05) is 23.1 Å². The fourth-order valence-corrected chi connectivity index (χ4v) is 2.63. The third kappa shape index (κ3) is 3.38. The summed E-state index contributed by atoms with van der Waals surface area (Å²) in [4.78, 5) is 21.1. The van der Waals surface area contributed by atoms with Crippen molar-refractivity contribution in [2.24, 2.45) is 0 Å². The maximum atomic E-state index is 12.6. The minimum atomic E-state index is 0.0513. The molecule has 1 aliphatic heterocycles. The van der Waals surface area contributed by atoms with Gasteiger partial charge in [0, 0.05) is 43.5 Å². The van der Waals surface area contributed by atoms with Gasteiger partial charge in [0.15, 0.2) is 0 Å². The maximum Gasteiger partial charge on any atom is 0.254 e. The van der Waals surface area contributed by atoms with Crippen molar-refractivity contribution in [3.05, 3.63) is 53.7 Å². The van der Waals surface area contributed by atoms with E-state index in [0.717, 1.165) is 37.4 Å². The molecular weight excluding hydrogens is 288 g/mol. The monoisotopic (exact) mass is 306 g/mol. The van der Waals surface area contributed by atoms with Crippen LogP contribution in [0, 0.1) is 11.3 Å². The lowest BCUT2D eigenvalue weighted by Crippen LogP contribution is -2.47. The summed E-state index contributed by atoms with van der Waals surface area (Å²) in [6.45, 7) is 3.31. The fourth-order valence-electron chi connectivity index (χ4n) is 2.63. The van der Waals surface area contributed by atoms with E-state index in [-0.39, 0.29) is 5.91 Å². The van der Waals surface area contributed by atoms with Gasteiger partial charge in [-0.25, -0.2) is 0 Å². The van der Waals surface area contributed by atoms with Crippen molar-refractivity contribution < 1.29 is 4.79 Å². The van der Waals surface area contributed by atoms with Crippen molar-refractivity contribution in [3.63, 3.8) is 0 Å². The Balaban J connectivity index is 1.81. The van der Waals surface area contributed by atoms with Gasteiger partial charge < -0.3 is 9.80 Å². The standard InChI is InChI=1S/C18H18N4O/c1-21-8-10-22(11-9-21)18(23)16-6-7-20-17(12-16)15-4-2-14(13-19)3-5-15/h2-7,12H,8-11H2,1H3. The second kappa shape index (κ2) is 6.59. The number of hydrogen-bond acceptors (Lipinski definition) is 4. The number of amides is 1. The van der Waals surface area contributed by atoms with Gasteiger partial charge in [0.05, 0.1) is 17.3 Å². The predicted octanol–water partition coefficient (Wildman–Crippen LogP) is 2.01. The minimum absolute atomic E-state index is 0.0513. The number of rotatable bonds is 2. The number of carbonyl (C=O) groups is 1. The van der Waals surface area contributed by atoms with Crippen LogP contribution < -0.4 is 0 Å². The first kappa shape index (κ1) is 15.2. The molecule has 1 fully saturated rings. The quantitative estimate of drug-likeness (QED) is 0.851. The van der Waals surface area contributed by atoms with Gasteiger partial charge >= 0.3 is 0 Å². The number of carbonyl (C=O) groups excluding carboxylic acids is 1. The zero-order chi connectivity index (χ0) is 16.2. The molecule has 0 N–H and O–H groups in total. The highest BCUT2D eigenvalue weighted by Crippen LogP contribution is 2.19. The molecule has 1 amide bonds. The van der Waals surface area contributed by atoms with Gasteiger partial charge in [-0.1, -0.05) is 12.1 Å². The van der Waals surface area contributed by atoms with Gasteiger partial charge in [-0.3, -0.25) is 9.78 Å². The van der Waals surface area contributed by atoms with Crippen LogP contribution in [0.2, 0.25) is 0 Å². The normalized spacial score (nSPS) is 15.2. The van der Waals surface area contributed by atoms with Crippen LogP contribution in [-0.4, -0.2) is 53.9 Å². The summed E-state index contributed by atoms with van der Waals surface area (Å²) in [7, 11) is 2.07. The highest BCUT2D eigenvalue weighted by molar-refractivity contribution is 5.95. The molecule has 0 aliphatic carbocycles. The molecule has 2 heterocycles. The molecule has 3 rings (SSSR count). The molecule has 2 aromatic rings. The van der Waals surface area contributed by atoms with E-state index >= 15 is 0 Å². The molecule has 0 saturated carbocycles. The van der Waals surface area contributed by atoms with Gasteiger partial charge in [0.2, 0.25) is 0 Å². The predicted molar refractivity (Wildman–Crippen MR) is 87.8 cm³/mol. The molecule has 1 aliphatic rings. The van der Waals surface area contributed by atoms with Gasteiger partial charge in [-0.2, -0.15) is 5.26 Å². The molecule has 116 valence electrons. The molecular formula is C18H18N4O. The molecule has 1 saturated heterocycles. The summed E-state index contributed by atoms with van der Waals surface area (Å²) in [6, 6.07) is 12.9. The third-order valence-electron chi connectivity index (χ3n) is 4.11. The maximum absolute atomic E-state index is 12.6. The first-order valence-electron chi connectivity index (χ1n) is 7.62. The lowest BCUT2D eigenvalue weighted by Gasteiger charge is -2.32. The van der Waals surface area contributed by atoms with Crippen LogP contribution >= 0.6 is 0 Å². The third-order valence-corrected chi connectivity index (χ3v) is 4.11. The van der Waals surface area contributed by atoms with E-state index in [1.54, 1.807) is 24.4 Å². The molecule has 1 aromatic carbocycles. The number of likely N-dealkylation sites (N-methyl/N-ethyl adjacent to an activating group) is 1. The van der Waals surface area contributed by atoms with Crippen molar-refractivity contribution in [2.75, 3.05) is 33.2 Å². The smallest absolute Gasteiger partial charge is 0.254 e. The van der Waals surface area contributed by atoms with Gasteiger partial charge in [0.1, 0.15) is 0 Å². The molecule has 0 atom stereocenters. The Morgan fingerprint density at radius 1 is 1.13 bits per heavy atom. The fraction of sp³-hybridized carbons (Fsp3) is 0.278. The highest BCUT2D eigenvalue weighted by Gasteiger charge is 2.20. The summed E-state index contributed by atoms with van der Waals surface area (Å²) in [5, 5.41) is 8.86. The van der Waals surface area contributed by atoms with Crippen molar-refractivity contribution in [2.45, 2.75) is 0 Å². The lowest BCUT2D eigenvalue weighted by molar-refractivity contribution is 0.0664. The minimum Gasteiger partial charge on any atom is -0.336 e. The van der Waals surface area contributed by atoms with Crippen molar-refractivity contribution in [1.29, 1.82) is 5.26 Å². The number of hydrogen-bond donors (Lipinski definition) is 0. The summed E-state index contributed by atoms with van der Waals surface area (Å²) in [5.74, 6) is 0.0513. The average molecular weight is 306 g/mol. The van der Waals surface area contributed by atoms with Crippen LogP contribution in [-0.2, 0) is 0 Å². The van der Waals surface area contributed by atoms with E-state index in [2.05, 4.69) is 23.0 Å². The molecule has 0 spiro atoms. The van der Waals surface area contributed by atoms with Gasteiger partial charge in [-0.15, -0.1) is 0 Å². The summed E-state index contributed by atoms with van der Waals surface area (Å²) < 4.78 is 0. The number of aromatic nitrogens is 1. The Morgan fingerprint density at radius 2 is 1.83 bits per heavy atom. The van der Waals surface area contributed by atoms with E-state index in [9.17, 15) is 4.79 Å². The Hall–Kier alpha value is -2.71. The van der Waals surface area contributed by atoms with Gasteiger partial charge in [-0.05, 0) is 31.3 Å². The van der Waals surface area contributed by atoms with Crippen LogP contribution in [0.15, 0.2) is 42.6 Å². The largest absolute Gasteiger partial charge is 0.336 e. The van der Waals surface area contributed by atoms with Crippen LogP contribution in [0.3, 0.4) is 0 Å². The molecule has 5 nitrogen and oxygen atoms in total. The summed E-state index contributed by atoms with van der Waals surface area (Å²) in [6.07, 6.45) is 1.66. The Labute approximate surface area is 135 Å². The molecule has 5 heteroatoms. The molecule has 23 heavy (non-hydrogen) atoms. The van der Waals surface area contributed by atoms with Crippen molar-refractivity contribution in [1.82, 2.24) is 14.8 Å². The topological polar surface area (TPSA) is 60.2 Å². The number of nitrogens with zero attached hydrogens (tertiary/aromatic N) is 4. The van der Waals surface area contributed by atoms with Crippen LogP contribution in [0.4, 0.5) is 0 Å². The number of piperazine rings is 1. The van der Waals surface area contributed by atoms with Crippen molar-refractivity contribution >= 4 is 5.91 Å². The molecule has 0 bridgehead atoms. The second-order valence-electron chi connectivity index (χ2n) is 5.71. The first-order valence-corrected chi connectivity index (χ1v) is 7.62. The van der Waals surface area contributed by atoms with Gasteiger partial charge in [0.25, 0.3) is 5.91 Å². The lowest BCUT2D eigenvalue weighted by atomic mass is 10.1. The zero-order valence-corrected chi connectivity index (χ0v) is 13.1. The molecule has 0 radical (unpaired) electrons. The average Bonchev–Trinajstić information content (AvgIpc) is 2.62. The van der Waals surface area contributed by atoms with Crippen LogP contribution in [0.25, 0.3) is 11.3 Å². The SMILES string of the molecule is CN1CCN(C(=O)c2ccnc(-c3ccc(C#N)cc3)c2)CC1. The van der Waals surface area contributed by atoms with Crippen LogP contribution in [0.5, 0.6) is 0 Å².